The maximum atomic E-state index is 5.99. The molecule has 0 bridgehead atoms. The average Bonchev–Trinajstić information content (AvgIpc) is 3.54. The van der Waals surface area contributed by atoms with Crippen molar-refractivity contribution in [2.75, 3.05) is 13.1 Å². The number of hydrogen-bond acceptors (Lipinski definition) is 3. The van der Waals surface area contributed by atoms with E-state index in [1.165, 1.54) is 59.4 Å². The van der Waals surface area contributed by atoms with Gasteiger partial charge in [-0.25, -0.2) is 0 Å². The van der Waals surface area contributed by atoms with E-state index >= 15 is 0 Å². The Bertz CT molecular complexity index is 1180. The van der Waals surface area contributed by atoms with E-state index in [-0.39, 0.29) is 0 Å². The fourth-order valence-electron chi connectivity index (χ4n) is 5.23. The van der Waals surface area contributed by atoms with E-state index in [9.17, 15) is 0 Å². The monoisotopic (exact) mass is 409 g/mol. The van der Waals surface area contributed by atoms with Gasteiger partial charge >= 0.3 is 0 Å². The molecule has 2 aromatic carbocycles. The zero-order valence-corrected chi connectivity index (χ0v) is 17.8. The Morgan fingerprint density at radius 3 is 2.29 bits per heavy atom. The number of likely N-dealkylation sites (tertiary alicyclic amines) is 1. The molecule has 2 aliphatic rings. The lowest BCUT2D eigenvalue weighted by molar-refractivity contribution is 0.314. The standard InChI is InChI=1S/C27H27N3O/c1-3-9-20(10-4-1)17-30-18-24-22(26(30)21-11-5-2-6-12-21)13-14-23-25(28-31-27(23)24)19-29-15-7-8-16-29/h1-6,9-12,18H,7-8,13-17,19H2. The molecule has 2 aromatic heterocycles. The number of nitrogens with zero attached hydrogens (tertiary/aromatic N) is 3. The van der Waals surface area contributed by atoms with Crippen molar-refractivity contribution < 1.29 is 4.52 Å². The first-order chi connectivity index (χ1) is 15.4. The molecule has 1 fully saturated rings. The number of rotatable bonds is 5. The zero-order valence-electron chi connectivity index (χ0n) is 17.8. The summed E-state index contributed by atoms with van der Waals surface area (Å²) in [5.41, 5.74) is 8.94. The molecule has 0 N–H and O–H groups in total. The van der Waals surface area contributed by atoms with Crippen LogP contribution in [0.15, 0.2) is 71.4 Å². The van der Waals surface area contributed by atoms with Gasteiger partial charge in [0.05, 0.1) is 5.69 Å². The van der Waals surface area contributed by atoms with E-state index in [0.717, 1.165) is 37.4 Å². The maximum Gasteiger partial charge on any atom is 0.172 e. The van der Waals surface area contributed by atoms with Crippen LogP contribution in [0.25, 0.3) is 22.6 Å². The van der Waals surface area contributed by atoms with Gasteiger partial charge in [-0.05, 0) is 55.5 Å². The minimum atomic E-state index is 0.849. The smallest absolute Gasteiger partial charge is 0.172 e. The first-order valence-electron chi connectivity index (χ1n) is 11.4. The van der Waals surface area contributed by atoms with Gasteiger partial charge in [-0.1, -0.05) is 65.8 Å². The molecule has 4 nitrogen and oxygen atoms in total. The summed E-state index contributed by atoms with van der Waals surface area (Å²) >= 11 is 0. The first kappa shape index (κ1) is 18.6. The molecule has 0 radical (unpaired) electrons. The number of hydrogen-bond donors (Lipinski definition) is 0. The molecule has 1 saturated heterocycles. The van der Waals surface area contributed by atoms with Crippen LogP contribution in [0.2, 0.25) is 0 Å². The van der Waals surface area contributed by atoms with Crippen molar-refractivity contribution in [1.82, 2.24) is 14.6 Å². The lowest BCUT2D eigenvalue weighted by atomic mass is 9.89. The Balaban J connectivity index is 1.43. The van der Waals surface area contributed by atoms with Gasteiger partial charge in [0, 0.05) is 30.4 Å². The van der Waals surface area contributed by atoms with Crippen LogP contribution in [-0.2, 0) is 25.9 Å². The third kappa shape index (κ3) is 3.41. The van der Waals surface area contributed by atoms with Crippen molar-refractivity contribution in [2.45, 2.75) is 38.8 Å². The maximum absolute atomic E-state index is 5.99. The molecular formula is C27H27N3O. The molecule has 0 atom stereocenters. The lowest BCUT2D eigenvalue weighted by Gasteiger charge is -2.16. The molecule has 0 saturated carbocycles. The van der Waals surface area contributed by atoms with E-state index < -0.39 is 0 Å². The second-order valence-corrected chi connectivity index (χ2v) is 8.77. The van der Waals surface area contributed by atoms with Gasteiger partial charge in [0.15, 0.2) is 5.76 Å². The van der Waals surface area contributed by atoms with Crippen LogP contribution in [0.3, 0.4) is 0 Å². The fourth-order valence-corrected chi connectivity index (χ4v) is 5.23. The molecule has 0 unspecified atom stereocenters. The molecule has 31 heavy (non-hydrogen) atoms. The van der Waals surface area contributed by atoms with E-state index in [2.05, 4.69) is 81.5 Å². The molecule has 156 valence electrons. The molecule has 1 aliphatic carbocycles. The van der Waals surface area contributed by atoms with Crippen molar-refractivity contribution in [3.05, 3.63) is 89.2 Å². The highest BCUT2D eigenvalue weighted by atomic mass is 16.5. The predicted octanol–water partition coefficient (Wildman–Crippen LogP) is 5.55. The number of benzene rings is 2. The van der Waals surface area contributed by atoms with Gasteiger partial charge in [-0.2, -0.15) is 0 Å². The van der Waals surface area contributed by atoms with Crippen LogP contribution in [-0.4, -0.2) is 27.7 Å². The normalized spacial score (nSPS) is 15.7. The second-order valence-electron chi connectivity index (χ2n) is 8.77. The fraction of sp³-hybridized carbons (Fsp3) is 0.296. The van der Waals surface area contributed by atoms with Gasteiger partial charge in [0.2, 0.25) is 0 Å². The van der Waals surface area contributed by atoms with Crippen LogP contribution in [0.5, 0.6) is 0 Å². The summed E-state index contributed by atoms with van der Waals surface area (Å²) in [5, 5.41) is 4.53. The topological polar surface area (TPSA) is 34.2 Å². The van der Waals surface area contributed by atoms with Gasteiger partial charge < -0.3 is 9.09 Å². The highest BCUT2D eigenvalue weighted by molar-refractivity contribution is 5.79. The Hall–Kier alpha value is -3.11. The summed E-state index contributed by atoms with van der Waals surface area (Å²) in [6.45, 7) is 4.13. The van der Waals surface area contributed by atoms with Crippen molar-refractivity contribution in [1.29, 1.82) is 0 Å². The highest BCUT2D eigenvalue weighted by Crippen LogP contribution is 2.42. The number of fused-ring (bicyclic) bond motifs is 3. The minimum absolute atomic E-state index is 0.849. The largest absolute Gasteiger partial charge is 0.356 e. The molecule has 1 aliphatic heterocycles. The van der Waals surface area contributed by atoms with E-state index in [0.29, 0.717) is 0 Å². The molecule has 4 heteroatoms. The summed E-state index contributed by atoms with van der Waals surface area (Å²) in [6.07, 6.45) is 6.92. The van der Waals surface area contributed by atoms with Crippen molar-refractivity contribution >= 4 is 0 Å². The molecule has 3 heterocycles. The summed E-state index contributed by atoms with van der Waals surface area (Å²) in [4.78, 5) is 2.50. The SMILES string of the molecule is c1ccc(Cn2cc3c(c2-c2ccccc2)CCc2c(CN4CCCC4)noc2-3)cc1. The van der Waals surface area contributed by atoms with Crippen LogP contribution in [0.4, 0.5) is 0 Å². The summed E-state index contributed by atoms with van der Waals surface area (Å²) in [7, 11) is 0. The summed E-state index contributed by atoms with van der Waals surface area (Å²) in [5.74, 6) is 0.986. The molecule has 6 rings (SSSR count). The van der Waals surface area contributed by atoms with Crippen molar-refractivity contribution in [2.24, 2.45) is 0 Å². The lowest BCUT2D eigenvalue weighted by Crippen LogP contribution is -2.19. The third-order valence-corrected chi connectivity index (χ3v) is 6.74. The van der Waals surface area contributed by atoms with Crippen LogP contribution in [0, 0.1) is 0 Å². The first-order valence-corrected chi connectivity index (χ1v) is 11.4. The molecule has 4 aromatic rings. The average molecular weight is 410 g/mol. The van der Waals surface area contributed by atoms with Crippen LogP contribution >= 0.6 is 0 Å². The third-order valence-electron chi connectivity index (χ3n) is 6.74. The van der Waals surface area contributed by atoms with E-state index in [4.69, 9.17) is 4.52 Å². The van der Waals surface area contributed by atoms with Gasteiger partial charge in [-0.3, -0.25) is 4.90 Å². The second kappa shape index (κ2) is 7.86. The highest BCUT2D eigenvalue weighted by Gasteiger charge is 2.30. The molecule has 0 amide bonds. The zero-order chi connectivity index (χ0) is 20.6. The van der Waals surface area contributed by atoms with Crippen molar-refractivity contribution in [3.8, 4) is 22.6 Å². The van der Waals surface area contributed by atoms with E-state index in [1.807, 2.05) is 0 Å². The summed E-state index contributed by atoms with van der Waals surface area (Å²) in [6, 6.07) is 21.4. The molecular weight excluding hydrogens is 382 g/mol. The predicted molar refractivity (Wildman–Crippen MR) is 123 cm³/mol. The Morgan fingerprint density at radius 2 is 1.52 bits per heavy atom. The van der Waals surface area contributed by atoms with Crippen molar-refractivity contribution in [3.63, 3.8) is 0 Å². The van der Waals surface area contributed by atoms with Crippen LogP contribution in [0.1, 0.15) is 35.2 Å². The number of aromatic nitrogens is 2. The van der Waals surface area contributed by atoms with Gasteiger partial charge in [-0.15, -0.1) is 0 Å². The Kier molecular flexibility index (Phi) is 4.73. The Labute approximate surface area is 183 Å². The summed E-state index contributed by atoms with van der Waals surface area (Å²) < 4.78 is 8.38. The van der Waals surface area contributed by atoms with Gasteiger partial charge in [0.25, 0.3) is 0 Å². The Morgan fingerprint density at radius 1 is 0.806 bits per heavy atom. The van der Waals surface area contributed by atoms with E-state index in [1.54, 1.807) is 0 Å². The minimum Gasteiger partial charge on any atom is -0.356 e. The van der Waals surface area contributed by atoms with Gasteiger partial charge in [0.1, 0.15) is 5.69 Å². The van der Waals surface area contributed by atoms with Crippen LogP contribution < -0.4 is 0 Å². The quantitative estimate of drug-likeness (QED) is 0.433. The molecule has 0 spiro atoms.